The monoisotopic (exact) mass is 338 g/mol. The summed E-state index contributed by atoms with van der Waals surface area (Å²) in [5.74, 6) is -1.33. The number of esters is 1. The maximum Gasteiger partial charge on any atom is 0.338 e. The van der Waals surface area contributed by atoms with Gasteiger partial charge >= 0.3 is 5.97 Å². The van der Waals surface area contributed by atoms with Gasteiger partial charge in [-0.2, -0.15) is 5.26 Å². The van der Waals surface area contributed by atoms with Crippen molar-refractivity contribution in [2.45, 2.75) is 12.8 Å². The second-order valence-corrected chi connectivity index (χ2v) is 5.34. The van der Waals surface area contributed by atoms with Crippen molar-refractivity contribution in [2.24, 2.45) is 5.73 Å². The van der Waals surface area contributed by atoms with E-state index in [4.69, 9.17) is 38.4 Å². The number of ether oxygens (including phenoxy) is 2. The molecule has 0 saturated carbocycles. The molecule has 1 aromatic carbocycles. The van der Waals surface area contributed by atoms with Crippen molar-refractivity contribution in [1.29, 1.82) is 5.26 Å². The molecule has 0 bridgehead atoms. The van der Waals surface area contributed by atoms with Crippen LogP contribution in [0.3, 0.4) is 0 Å². The second kappa shape index (κ2) is 6.30. The van der Waals surface area contributed by atoms with E-state index >= 15 is 0 Å². The van der Waals surface area contributed by atoms with Gasteiger partial charge in [0.15, 0.2) is 0 Å². The van der Waals surface area contributed by atoms with E-state index in [1.54, 1.807) is 25.1 Å². The molecule has 0 spiro atoms. The van der Waals surface area contributed by atoms with Crippen LogP contribution >= 0.6 is 23.2 Å². The van der Waals surface area contributed by atoms with E-state index in [9.17, 15) is 10.1 Å². The molecule has 1 aliphatic heterocycles. The zero-order chi connectivity index (χ0) is 16.4. The Kier molecular flexibility index (Phi) is 4.65. The smallest absolute Gasteiger partial charge is 0.338 e. The Morgan fingerprint density at radius 1 is 1.41 bits per heavy atom. The molecule has 114 valence electrons. The summed E-state index contributed by atoms with van der Waals surface area (Å²) in [5, 5.41) is 10.0. The average Bonchev–Trinajstić information content (AvgIpc) is 2.46. The molecule has 1 heterocycles. The van der Waals surface area contributed by atoms with Crippen LogP contribution in [0.1, 0.15) is 18.4 Å². The first kappa shape index (κ1) is 16.2. The number of rotatable bonds is 2. The minimum atomic E-state index is -0.840. The highest BCUT2D eigenvalue weighted by Crippen LogP contribution is 2.44. The van der Waals surface area contributed by atoms with Gasteiger partial charge in [0.1, 0.15) is 17.4 Å². The number of hydrogen-bond acceptors (Lipinski definition) is 5. The first-order chi connectivity index (χ1) is 10.4. The van der Waals surface area contributed by atoms with E-state index in [1.807, 2.05) is 6.07 Å². The van der Waals surface area contributed by atoms with E-state index in [1.165, 1.54) is 7.11 Å². The minimum Gasteiger partial charge on any atom is -0.466 e. The van der Waals surface area contributed by atoms with E-state index in [0.29, 0.717) is 15.6 Å². The number of benzene rings is 1. The molecule has 0 radical (unpaired) electrons. The highest BCUT2D eigenvalue weighted by Gasteiger charge is 2.38. The number of allylic oxidation sites excluding steroid dienone is 2. The summed E-state index contributed by atoms with van der Waals surface area (Å²) in [6.07, 6.45) is 0. The molecule has 0 aliphatic carbocycles. The number of carbonyl (C=O) groups excluding carboxylic acids is 1. The first-order valence-electron chi connectivity index (χ1n) is 6.23. The molecule has 5 nitrogen and oxygen atoms in total. The summed E-state index contributed by atoms with van der Waals surface area (Å²) in [6.45, 7) is 1.56. The molecule has 2 N–H and O–H groups in total. The molecule has 7 heteroatoms. The van der Waals surface area contributed by atoms with Crippen molar-refractivity contribution in [3.05, 3.63) is 56.6 Å². The van der Waals surface area contributed by atoms with Gasteiger partial charge in [-0.3, -0.25) is 0 Å². The molecule has 0 saturated heterocycles. The van der Waals surface area contributed by atoms with Crippen molar-refractivity contribution in [3.63, 3.8) is 0 Å². The molecule has 0 aromatic heterocycles. The zero-order valence-corrected chi connectivity index (χ0v) is 13.3. The second-order valence-electron chi connectivity index (χ2n) is 4.52. The Balaban J connectivity index is 2.77. The predicted molar refractivity (Wildman–Crippen MR) is 81.8 cm³/mol. The fourth-order valence-corrected chi connectivity index (χ4v) is 2.95. The predicted octanol–water partition coefficient (Wildman–Crippen LogP) is 3.25. The normalized spacial score (nSPS) is 17.9. The largest absolute Gasteiger partial charge is 0.466 e. The Morgan fingerprint density at radius 2 is 2.00 bits per heavy atom. The number of carbonyl (C=O) groups is 1. The molecule has 22 heavy (non-hydrogen) atoms. The summed E-state index contributed by atoms with van der Waals surface area (Å²) in [6, 6.07) is 6.86. The van der Waals surface area contributed by atoms with Gasteiger partial charge in [-0.15, -0.1) is 0 Å². The lowest BCUT2D eigenvalue weighted by molar-refractivity contribution is -0.136. The first-order valence-corrected chi connectivity index (χ1v) is 6.98. The third-order valence-electron chi connectivity index (χ3n) is 3.30. The van der Waals surface area contributed by atoms with Gasteiger partial charge in [-0.1, -0.05) is 29.3 Å². The van der Waals surface area contributed by atoms with Gasteiger partial charge in [0.2, 0.25) is 5.88 Å². The Morgan fingerprint density at radius 3 is 2.50 bits per heavy atom. The van der Waals surface area contributed by atoms with Crippen LogP contribution in [0.15, 0.2) is 41.0 Å². The number of nitrogens with two attached hydrogens (primary N) is 1. The van der Waals surface area contributed by atoms with Gasteiger partial charge in [0.25, 0.3) is 0 Å². The molecule has 0 unspecified atom stereocenters. The highest BCUT2D eigenvalue weighted by molar-refractivity contribution is 6.36. The maximum absolute atomic E-state index is 12.1. The Labute approximate surface area is 137 Å². The van der Waals surface area contributed by atoms with Crippen molar-refractivity contribution in [1.82, 2.24) is 0 Å². The van der Waals surface area contributed by atoms with E-state index in [2.05, 4.69) is 0 Å². The molecule has 1 aliphatic rings. The lowest BCUT2D eigenvalue weighted by Crippen LogP contribution is -2.25. The van der Waals surface area contributed by atoms with Gasteiger partial charge < -0.3 is 15.2 Å². The van der Waals surface area contributed by atoms with E-state index in [-0.39, 0.29) is 22.8 Å². The molecule has 1 atom stereocenters. The van der Waals surface area contributed by atoms with Crippen molar-refractivity contribution in [2.75, 3.05) is 7.11 Å². The number of methoxy groups -OCH3 is 1. The number of halogens is 2. The zero-order valence-electron chi connectivity index (χ0n) is 11.8. The Hall–Kier alpha value is -2.16. The summed E-state index contributed by atoms with van der Waals surface area (Å²) in [7, 11) is 1.24. The topological polar surface area (TPSA) is 85.3 Å². The van der Waals surface area contributed by atoms with Crippen LogP contribution < -0.4 is 5.73 Å². The lowest BCUT2D eigenvalue weighted by Gasteiger charge is -2.27. The highest BCUT2D eigenvalue weighted by atomic mass is 35.5. The number of nitrogens with zero attached hydrogens (tertiary/aromatic N) is 1. The summed E-state index contributed by atoms with van der Waals surface area (Å²) in [4.78, 5) is 12.1. The third-order valence-corrected chi connectivity index (χ3v) is 3.96. The third kappa shape index (κ3) is 2.63. The standard InChI is InChI=1S/C15H12Cl2N2O3/c1-7-11(15(20)21-2)12(8(6-18)14(19)22-7)13-9(16)4-3-5-10(13)17/h3-5,12H,19H2,1-2H3/t12-/m1/s1. The quantitative estimate of drug-likeness (QED) is 0.836. The fraction of sp³-hybridized carbons (Fsp3) is 0.200. The molecule has 0 fully saturated rings. The van der Waals surface area contributed by atoms with Crippen LogP contribution in [-0.4, -0.2) is 13.1 Å². The van der Waals surface area contributed by atoms with Crippen LogP contribution in [0.25, 0.3) is 0 Å². The minimum absolute atomic E-state index is 0.0565. The number of nitriles is 1. The van der Waals surface area contributed by atoms with Crippen LogP contribution in [-0.2, 0) is 14.3 Å². The fourth-order valence-electron chi connectivity index (χ4n) is 2.33. The van der Waals surface area contributed by atoms with Gasteiger partial charge in [0, 0.05) is 15.6 Å². The van der Waals surface area contributed by atoms with Crippen molar-refractivity contribution < 1.29 is 14.3 Å². The van der Waals surface area contributed by atoms with E-state index in [0.717, 1.165) is 0 Å². The molecule has 1 aromatic rings. The molecule has 0 amide bonds. The van der Waals surface area contributed by atoms with Crippen LogP contribution in [0, 0.1) is 11.3 Å². The summed E-state index contributed by atoms with van der Waals surface area (Å²) >= 11 is 12.4. The average molecular weight is 339 g/mol. The summed E-state index contributed by atoms with van der Waals surface area (Å²) in [5.41, 5.74) is 6.38. The SMILES string of the molecule is COC(=O)C1=C(C)OC(N)=C(C#N)[C@H]1c1c(Cl)cccc1Cl. The van der Waals surface area contributed by atoms with Crippen LogP contribution in [0.2, 0.25) is 10.0 Å². The van der Waals surface area contributed by atoms with Gasteiger partial charge in [-0.05, 0) is 19.1 Å². The Bertz CT molecular complexity index is 727. The lowest BCUT2D eigenvalue weighted by atomic mass is 9.83. The maximum atomic E-state index is 12.1. The van der Waals surface area contributed by atoms with Crippen molar-refractivity contribution in [3.8, 4) is 6.07 Å². The van der Waals surface area contributed by atoms with Gasteiger partial charge in [0.05, 0.1) is 18.6 Å². The number of hydrogen-bond donors (Lipinski definition) is 1. The van der Waals surface area contributed by atoms with Crippen molar-refractivity contribution >= 4 is 29.2 Å². The summed E-state index contributed by atoms with van der Waals surface area (Å²) < 4.78 is 10.1. The van der Waals surface area contributed by atoms with Crippen LogP contribution in [0.5, 0.6) is 0 Å². The van der Waals surface area contributed by atoms with E-state index < -0.39 is 11.9 Å². The molecular weight excluding hydrogens is 327 g/mol. The molecule has 2 rings (SSSR count). The van der Waals surface area contributed by atoms with Gasteiger partial charge in [-0.25, -0.2) is 4.79 Å². The molecular formula is C15H12Cl2N2O3. The van der Waals surface area contributed by atoms with Crippen LogP contribution in [0.4, 0.5) is 0 Å².